The van der Waals surface area contributed by atoms with E-state index in [-0.39, 0.29) is 6.10 Å². The van der Waals surface area contributed by atoms with Crippen LogP contribution in [0.5, 0.6) is 0 Å². The Morgan fingerprint density at radius 1 is 1.47 bits per heavy atom. The highest BCUT2D eigenvalue weighted by Crippen LogP contribution is 2.14. The number of hydrogen-bond acceptors (Lipinski definition) is 4. The SMILES string of the molecule is [O-][n+]1nc(CC2CO2)nc2ccccc21. The Labute approximate surface area is 85.9 Å². The van der Waals surface area contributed by atoms with Gasteiger partial charge in [-0.2, -0.15) is 0 Å². The largest absolute Gasteiger partial charge is 0.594 e. The van der Waals surface area contributed by atoms with Gasteiger partial charge in [-0.1, -0.05) is 12.1 Å². The number of nitrogens with zero attached hydrogens (tertiary/aromatic N) is 3. The number of para-hydroxylation sites is 2. The number of aromatic nitrogens is 3. The van der Waals surface area contributed by atoms with Crippen molar-refractivity contribution in [2.24, 2.45) is 0 Å². The number of ether oxygens (including phenoxy) is 1. The molecular weight excluding hydrogens is 194 g/mol. The maximum Gasteiger partial charge on any atom is 0.270 e. The topological polar surface area (TPSA) is 65.2 Å². The number of rotatable bonds is 2. The summed E-state index contributed by atoms with van der Waals surface area (Å²) in [6.07, 6.45) is 0.818. The first-order valence-electron chi connectivity index (χ1n) is 4.80. The van der Waals surface area contributed by atoms with Gasteiger partial charge in [0.15, 0.2) is 0 Å². The zero-order valence-electron chi connectivity index (χ0n) is 7.96. The molecular formula is C10H9N3O2. The molecule has 0 aliphatic carbocycles. The summed E-state index contributed by atoms with van der Waals surface area (Å²) >= 11 is 0. The molecule has 1 aliphatic heterocycles. The van der Waals surface area contributed by atoms with Gasteiger partial charge in [0, 0.05) is 17.6 Å². The second-order valence-corrected chi connectivity index (χ2v) is 3.55. The Balaban J connectivity index is 2.09. The molecule has 0 N–H and O–H groups in total. The van der Waals surface area contributed by atoms with Crippen molar-refractivity contribution < 1.29 is 9.58 Å². The Kier molecular flexibility index (Phi) is 1.78. The number of hydrogen-bond donors (Lipinski definition) is 0. The van der Waals surface area contributed by atoms with Gasteiger partial charge >= 0.3 is 0 Å². The smallest absolute Gasteiger partial charge is 0.270 e. The van der Waals surface area contributed by atoms with Crippen LogP contribution in [0.3, 0.4) is 0 Å². The first-order valence-corrected chi connectivity index (χ1v) is 4.80. The molecule has 3 rings (SSSR count). The average molecular weight is 203 g/mol. The third-order valence-electron chi connectivity index (χ3n) is 2.36. The maximum absolute atomic E-state index is 11.5. The first kappa shape index (κ1) is 8.55. The lowest BCUT2D eigenvalue weighted by Crippen LogP contribution is -2.34. The third-order valence-corrected chi connectivity index (χ3v) is 2.36. The quantitative estimate of drug-likeness (QED) is 0.397. The van der Waals surface area contributed by atoms with Crippen LogP contribution in [0.1, 0.15) is 5.82 Å². The van der Waals surface area contributed by atoms with E-state index in [2.05, 4.69) is 10.1 Å². The summed E-state index contributed by atoms with van der Waals surface area (Å²) in [4.78, 5) is 4.93. The highest BCUT2D eigenvalue weighted by molar-refractivity contribution is 5.70. The molecule has 1 atom stereocenters. The Bertz CT molecular complexity index is 511. The third kappa shape index (κ3) is 1.61. The molecule has 0 bridgehead atoms. The van der Waals surface area contributed by atoms with E-state index in [1.54, 1.807) is 12.1 Å². The fraction of sp³-hybridized carbons (Fsp3) is 0.300. The fourth-order valence-electron chi connectivity index (χ4n) is 1.52. The summed E-state index contributed by atoms with van der Waals surface area (Å²) in [7, 11) is 0. The minimum Gasteiger partial charge on any atom is -0.594 e. The van der Waals surface area contributed by atoms with Gasteiger partial charge in [-0.05, 0) is 10.9 Å². The molecule has 15 heavy (non-hydrogen) atoms. The highest BCUT2D eigenvalue weighted by atomic mass is 16.6. The van der Waals surface area contributed by atoms with E-state index in [1.165, 1.54) is 0 Å². The molecule has 1 aliphatic rings. The van der Waals surface area contributed by atoms with E-state index in [9.17, 15) is 5.21 Å². The summed E-state index contributed by atoms with van der Waals surface area (Å²) in [5, 5.41) is 15.4. The Morgan fingerprint density at radius 2 is 2.27 bits per heavy atom. The van der Waals surface area contributed by atoms with Gasteiger partial charge in [-0.25, -0.2) is 4.98 Å². The molecule has 2 aromatic rings. The van der Waals surface area contributed by atoms with Crippen molar-refractivity contribution in [1.29, 1.82) is 0 Å². The number of benzene rings is 1. The van der Waals surface area contributed by atoms with Gasteiger partial charge in [-0.3, -0.25) is 0 Å². The van der Waals surface area contributed by atoms with Crippen LogP contribution >= 0.6 is 0 Å². The second kappa shape index (κ2) is 3.13. The number of epoxide rings is 1. The van der Waals surface area contributed by atoms with Crippen LogP contribution < -0.4 is 4.85 Å². The lowest BCUT2D eigenvalue weighted by Gasteiger charge is -2.00. The van der Waals surface area contributed by atoms with Gasteiger partial charge in [-0.15, -0.1) is 0 Å². The van der Waals surface area contributed by atoms with E-state index in [0.717, 1.165) is 6.61 Å². The molecule has 76 valence electrons. The zero-order valence-corrected chi connectivity index (χ0v) is 7.96. The lowest BCUT2D eigenvalue weighted by atomic mass is 10.3. The normalized spacial score (nSPS) is 19.3. The van der Waals surface area contributed by atoms with Crippen molar-refractivity contribution in [3.63, 3.8) is 0 Å². The van der Waals surface area contributed by atoms with Crippen LogP contribution in [0.4, 0.5) is 0 Å². The first-order chi connectivity index (χ1) is 7.33. The summed E-state index contributed by atoms with van der Waals surface area (Å²) in [6.45, 7) is 0.745. The van der Waals surface area contributed by atoms with E-state index < -0.39 is 0 Å². The Hall–Kier alpha value is -1.75. The van der Waals surface area contributed by atoms with Gasteiger partial charge in [0.05, 0.1) is 12.7 Å². The summed E-state index contributed by atoms with van der Waals surface area (Å²) < 4.78 is 5.07. The van der Waals surface area contributed by atoms with Crippen molar-refractivity contribution in [1.82, 2.24) is 10.1 Å². The fourth-order valence-corrected chi connectivity index (χ4v) is 1.52. The number of fused-ring (bicyclic) bond motifs is 1. The van der Waals surface area contributed by atoms with Gasteiger partial charge in [0.2, 0.25) is 5.82 Å². The zero-order chi connectivity index (χ0) is 10.3. The highest BCUT2D eigenvalue weighted by Gasteiger charge is 2.25. The minimum absolute atomic E-state index is 0.200. The van der Waals surface area contributed by atoms with Gasteiger partial charge in [0.1, 0.15) is 5.52 Å². The predicted molar refractivity (Wildman–Crippen MR) is 51.9 cm³/mol. The minimum atomic E-state index is 0.200. The van der Waals surface area contributed by atoms with Crippen molar-refractivity contribution in [2.75, 3.05) is 6.61 Å². The second-order valence-electron chi connectivity index (χ2n) is 3.55. The van der Waals surface area contributed by atoms with Crippen molar-refractivity contribution >= 4 is 11.0 Å². The molecule has 1 aromatic heterocycles. The molecule has 1 fully saturated rings. The monoisotopic (exact) mass is 203 g/mol. The standard InChI is InChI=1S/C10H9N3O2/c14-13-9-4-2-1-3-8(9)11-10(12-13)5-7-6-15-7/h1-4,7H,5-6H2. The van der Waals surface area contributed by atoms with Crippen molar-refractivity contribution in [3.8, 4) is 0 Å². The summed E-state index contributed by atoms with van der Waals surface area (Å²) in [5.74, 6) is 0.547. The summed E-state index contributed by atoms with van der Waals surface area (Å²) in [6, 6.07) is 7.17. The van der Waals surface area contributed by atoms with Crippen molar-refractivity contribution in [3.05, 3.63) is 35.3 Å². The molecule has 0 radical (unpaired) electrons. The molecule has 1 saturated heterocycles. The lowest BCUT2D eigenvalue weighted by molar-refractivity contribution is -0.644. The molecule has 2 heterocycles. The van der Waals surface area contributed by atoms with Crippen LogP contribution in [0, 0.1) is 5.21 Å². The summed E-state index contributed by atoms with van der Waals surface area (Å²) in [5.41, 5.74) is 1.18. The van der Waals surface area contributed by atoms with E-state index in [1.807, 2.05) is 12.1 Å². The van der Waals surface area contributed by atoms with Gasteiger partial charge < -0.3 is 9.94 Å². The van der Waals surface area contributed by atoms with E-state index in [0.29, 0.717) is 28.1 Å². The molecule has 0 amide bonds. The maximum atomic E-state index is 11.5. The molecule has 5 heteroatoms. The van der Waals surface area contributed by atoms with Crippen LogP contribution in [0.2, 0.25) is 0 Å². The molecule has 5 nitrogen and oxygen atoms in total. The van der Waals surface area contributed by atoms with Crippen LogP contribution in [0.15, 0.2) is 24.3 Å². The molecule has 0 spiro atoms. The van der Waals surface area contributed by atoms with Gasteiger partial charge in [0.25, 0.3) is 5.52 Å². The average Bonchev–Trinajstić information content (AvgIpc) is 3.02. The van der Waals surface area contributed by atoms with E-state index >= 15 is 0 Å². The molecule has 1 unspecified atom stereocenters. The predicted octanol–water partition coefficient (Wildman–Crippen LogP) is 0.204. The molecule has 1 aromatic carbocycles. The Morgan fingerprint density at radius 3 is 3.07 bits per heavy atom. The van der Waals surface area contributed by atoms with Crippen LogP contribution in [0.25, 0.3) is 11.0 Å². The van der Waals surface area contributed by atoms with Crippen LogP contribution in [-0.2, 0) is 11.2 Å². The van der Waals surface area contributed by atoms with E-state index in [4.69, 9.17) is 4.74 Å². The molecule has 0 saturated carbocycles. The van der Waals surface area contributed by atoms with Crippen LogP contribution in [-0.4, -0.2) is 22.8 Å². The van der Waals surface area contributed by atoms with Crippen molar-refractivity contribution in [2.45, 2.75) is 12.5 Å².